The first-order valence-electron chi connectivity index (χ1n) is 4.50. The molecule has 0 aromatic heterocycles. The monoisotopic (exact) mass is 210 g/mol. The number of carboxylic acids is 1. The molecular formula is C10H14N2O3. The molecule has 0 amide bonds. The quantitative estimate of drug-likeness (QED) is 0.499. The fourth-order valence-electron chi connectivity index (χ4n) is 1.15. The van der Waals surface area contributed by atoms with Gasteiger partial charge in [-0.15, -0.1) is 0 Å². The average Bonchev–Trinajstić information content (AvgIpc) is 2.20. The van der Waals surface area contributed by atoms with E-state index in [0.717, 1.165) is 5.69 Å². The third-order valence-corrected chi connectivity index (χ3v) is 1.92. The van der Waals surface area contributed by atoms with Crippen LogP contribution in [0.2, 0.25) is 0 Å². The molecule has 0 bridgehead atoms. The zero-order chi connectivity index (χ0) is 11.3. The van der Waals surface area contributed by atoms with Crippen LogP contribution in [-0.2, 0) is 4.74 Å². The molecule has 82 valence electrons. The summed E-state index contributed by atoms with van der Waals surface area (Å²) < 4.78 is 4.86. The molecule has 1 aromatic carbocycles. The Kier molecular flexibility index (Phi) is 3.93. The van der Waals surface area contributed by atoms with E-state index in [4.69, 9.17) is 15.6 Å². The lowest BCUT2D eigenvalue weighted by molar-refractivity contribution is 0.0698. The van der Waals surface area contributed by atoms with Gasteiger partial charge in [0.25, 0.3) is 0 Å². The third-order valence-electron chi connectivity index (χ3n) is 1.92. The molecule has 0 aliphatic heterocycles. The maximum atomic E-state index is 10.8. The Bertz CT molecular complexity index is 353. The summed E-state index contributed by atoms with van der Waals surface area (Å²) in [5, 5.41) is 11.9. The van der Waals surface area contributed by atoms with Crippen molar-refractivity contribution in [2.45, 2.75) is 0 Å². The van der Waals surface area contributed by atoms with Crippen molar-refractivity contribution in [2.75, 3.05) is 31.3 Å². The summed E-state index contributed by atoms with van der Waals surface area (Å²) in [4.78, 5) is 10.8. The van der Waals surface area contributed by atoms with Crippen molar-refractivity contribution in [1.29, 1.82) is 0 Å². The van der Waals surface area contributed by atoms with Gasteiger partial charge in [0.2, 0.25) is 0 Å². The van der Waals surface area contributed by atoms with Crippen LogP contribution in [0.5, 0.6) is 0 Å². The molecule has 5 nitrogen and oxygen atoms in total. The molecule has 5 heteroatoms. The van der Waals surface area contributed by atoms with Gasteiger partial charge in [-0.1, -0.05) is 0 Å². The Labute approximate surface area is 87.9 Å². The summed E-state index contributed by atoms with van der Waals surface area (Å²) in [6.07, 6.45) is 0. The second-order valence-electron chi connectivity index (χ2n) is 3.03. The molecule has 0 heterocycles. The van der Waals surface area contributed by atoms with Gasteiger partial charge in [-0.2, -0.15) is 0 Å². The molecule has 0 aliphatic rings. The molecule has 0 unspecified atom stereocenters. The van der Waals surface area contributed by atoms with E-state index >= 15 is 0 Å². The Morgan fingerprint density at radius 2 is 2.33 bits per heavy atom. The van der Waals surface area contributed by atoms with Crippen LogP contribution >= 0.6 is 0 Å². The molecule has 0 saturated carbocycles. The summed E-state index contributed by atoms with van der Waals surface area (Å²) in [6.45, 7) is 1.19. The number of ether oxygens (including phenoxy) is 1. The largest absolute Gasteiger partial charge is 0.478 e. The number of hydrogen-bond acceptors (Lipinski definition) is 4. The number of nitrogens with two attached hydrogens (primary N) is 1. The number of nitrogens with one attached hydrogen (secondary N) is 1. The number of anilines is 2. The van der Waals surface area contributed by atoms with Crippen molar-refractivity contribution in [3.8, 4) is 0 Å². The van der Waals surface area contributed by atoms with Crippen molar-refractivity contribution in [3.05, 3.63) is 23.8 Å². The number of methoxy groups -OCH3 is 1. The molecule has 15 heavy (non-hydrogen) atoms. The minimum Gasteiger partial charge on any atom is -0.478 e. The SMILES string of the molecule is COCCNc1ccc(N)c(C(=O)O)c1. The Morgan fingerprint density at radius 3 is 2.93 bits per heavy atom. The van der Waals surface area contributed by atoms with Gasteiger partial charge in [0, 0.05) is 25.0 Å². The van der Waals surface area contributed by atoms with E-state index in [9.17, 15) is 4.79 Å². The normalized spacial score (nSPS) is 9.93. The highest BCUT2D eigenvalue weighted by Crippen LogP contribution is 2.17. The topological polar surface area (TPSA) is 84.6 Å². The average molecular weight is 210 g/mol. The summed E-state index contributed by atoms with van der Waals surface area (Å²) in [5.41, 5.74) is 6.61. The summed E-state index contributed by atoms with van der Waals surface area (Å²) in [6, 6.07) is 4.81. The zero-order valence-corrected chi connectivity index (χ0v) is 8.49. The molecule has 0 atom stereocenters. The highest BCUT2D eigenvalue weighted by Gasteiger charge is 2.07. The van der Waals surface area contributed by atoms with Crippen LogP contribution in [0.4, 0.5) is 11.4 Å². The molecule has 4 N–H and O–H groups in total. The van der Waals surface area contributed by atoms with Crippen molar-refractivity contribution in [3.63, 3.8) is 0 Å². The van der Waals surface area contributed by atoms with E-state index < -0.39 is 5.97 Å². The smallest absolute Gasteiger partial charge is 0.337 e. The molecule has 1 aromatic rings. The van der Waals surface area contributed by atoms with E-state index in [2.05, 4.69) is 5.32 Å². The standard InChI is InChI=1S/C10H14N2O3/c1-15-5-4-12-7-2-3-9(11)8(6-7)10(13)14/h2-3,6,12H,4-5,11H2,1H3,(H,13,14). The van der Waals surface area contributed by atoms with Crippen molar-refractivity contribution in [2.24, 2.45) is 0 Å². The lowest BCUT2D eigenvalue weighted by atomic mass is 10.1. The molecule has 1 rings (SSSR count). The number of benzene rings is 1. The van der Waals surface area contributed by atoms with Crippen LogP contribution in [0.1, 0.15) is 10.4 Å². The predicted octanol–water partition coefficient (Wildman–Crippen LogP) is 1.03. The molecule has 0 spiro atoms. The number of rotatable bonds is 5. The van der Waals surface area contributed by atoms with Crippen LogP contribution in [0.25, 0.3) is 0 Å². The molecule has 0 aliphatic carbocycles. The maximum Gasteiger partial charge on any atom is 0.337 e. The van der Waals surface area contributed by atoms with Crippen molar-refractivity contribution >= 4 is 17.3 Å². The van der Waals surface area contributed by atoms with Crippen LogP contribution in [0.3, 0.4) is 0 Å². The number of nitrogen functional groups attached to an aromatic ring is 1. The predicted molar refractivity (Wildman–Crippen MR) is 58.2 cm³/mol. The molecule has 0 saturated heterocycles. The lowest BCUT2D eigenvalue weighted by Crippen LogP contribution is -2.09. The second kappa shape index (κ2) is 5.21. The van der Waals surface area contributed by atoms with Gasteiger partial charge in [-0.05, 0) is 18.2 Å². The minimum atomic E-state index is -1.03. The van der Waals surface area contributed by atoms with Gasteiger partial charge in [0.15, 0.2) is 0 Å². The summed E-state index contributed by atoms with van der Waals surface area (Å²) in [5.74, 6) is -1.03. The molecular weight excluding hydrogens is 196 g/mol. The fraction of sp³-hybridized carbons (Fsp3) is 0.300. The van der Waals surface area contributed by atoms with Gasteiger partial charge in [0.05, 0.1) is 12.2 Å². The number of aromatic carboxylic acids is 1. The summed E-state index contributed by atoms with van der Waals surface area (Å²) >= 11 is 0. The number of hydrogen-bond donors (Lipinski definition) is 3. The molecule has 0 fully saturated rings. The van der Waals surface area contributed by atoms with Gasteiger partial charge in [0.1, 0.15) is 0 Å². The number of carbonyl (C=O) groups is 1. The Balaban J connectivity index is 2.74. The van der Waals surface area contributed by atoms with E-state index in [0.29, 0.717) is 13.2 Å². The fourth-order valence-corrected chi connectivity index (χ4v) is 1.15. The van der Waals surface area contributed by atoms with Gasteiger partial charge < -0.3 is 20.9 Å². The Hall–Kier alpha value is -1.75. The maximum absolute atomic E-state index is 10.8. The number of carboxylic acid groups (broad SMARTS) is 1. The van der Waals surface area contributed by atoms with Crippen LogP contribution in [-0.4, -0.2) is 31.3 Å². The van der Waals surface area contributed by atoms with Crippen molar-refractivity contribution in [1.82, 2.24) is 0 Å². The first-order valence-corrected chi connectivity index (χ1v) is 4.50. The first kappa shape index (κ1) is 11.3. The lowest BCUT2D eigenvalue weighted by Gasteiger charge is -2.07. The molecule has 0 radical (unpaired) electrons. The minimum absolute atomic E-state index is 0.109. The second-order valence-corrected chi connectivity index (χ2v) is 3.03. The van der Waals surface area contributed by atoms with E-state index in [1.807, 2.05) is 0 Å². The summed E-state index contributed by atoms with van der Waals surface area (Å²) in [7, 11) is 1.60. The van der Waals surface area contributed by atoms with E-state index in [-0.39, 0.29) is 11.3 Å². The van der Waals surface area contributed by atoms with Gasteiger partial charge >= 0.3 is 5.97 Å². The van der Waals surface area contributed by atoms with E-state index in [1.54, 1.807) is 19.2 Å². The Morgan fingerprint density at radius 1 is 1.60 bits per heavy atom. The highest BCUT2D eigenvalue weighted by atomic mass is 16.5. The van der Waals surface area contributed by atoms with E-state index in [1.165, 1.54) is 6.07 Å². The van der Waals surface area contributed by atoms with Crippen molar-refractivity contribution < 1.29 is 14.6 Å². The van der Waals surface area contributed by atoms with Crippen LogP contribution < -0.4 is 11.1 Å². The first-order chi connectivity index (χ1) is 7.15. The third kappa shape index (κ3) is 3.14. The van der Waals surface area contributed by atoms with Crippen LogP contribution in [0.15, 0.2) is 18.2 Å². The zero-order valence-electron chi connectivity index (χ0n) is 8.49. The highest BCUT2D eigenvalue weighted by molar-refractivity contribution is 5.94. The van der Waals surface area contributed by atoms with Crippen LogP contribution in [0, 0.1) is 0 Å². The van der Waals surface area contributed by atoms with Gasteiger partial charge in [-0.25, -0.2) is 4.79 Å². The van der Waals surface area contributed by atoms with Gasteiger partial charge in [-0.3, -0.25) is 0 Å².